The van der Waals surface area contributed by atoms with Crippen molar-refractivity contribution in [2.24, 2.45) is 5.92 Å². The summed E-state index contributed by atoms with van der Waals surface area (Å²) in [7, 11) is 1.30. The van der Waals surface area contributed by atoms with Crippen LogP contribution in [0.15, 0.2) is 15.4 Å². The quantitative estimate of drug-likeness (QED) is 0.616. The predicted molar refractivity (Wildman–Crippen MR) is 64.1 cm³/mol. The lowest BCUT2D eigenvalue weighted by atomic mass is 10.3. The standard InChI is InChI=1S/C11H13ClO5S/c1-7-10(18(12,14)15)6-9(17-7)11(13)16-5-4-8-2-3-8/h6,8H,2-5H2,1H3. The van der Waals surface area contributed by atoms with Gasteiger partial charge in [0.2, 0.25) is 5.76 Å². The lowest BCUT2D eigenvalue weighted by molar-refractivity contribution is 0.0457. The normalized spacial score (nSPS) is 15.7. The Kier molecular flexibility index (Phi) is 3.68. The van der Waals surface area contributed by atoms with E-state index in [0.717, 1.165) is 12.5 Å². The molecule has 0 N–H and O–H groups in total. The lowest BCUT2D eigenvalue weighted by Crippen LogP contribution is -2.05. The number of rotatable bonds is 5. The van der Waals surface area contributed by atoms with Crippen LogP contribution in [-0.4, -0.2) is 21.0 Å². The van der Waals surface area contributed by atoms with Gasteiger partial charge in [0, 0.05) is 16.7 Å². The number of hydrogen-bond donors (Lipinski definition) is 0. The van der Waals surface area contributed by atoms with Crippen molar-refractivity contribution in [2.45, 2.75) is 31.1 Å². The monoisotopic (exact) mass is 292 g/mol. The van der Waals surface area contributed by atoms with Gasteiger partial charge in [-0.1, -0.05) is 12.8 Å². The van der Waals surface area contributed by atoms with Gasteiger partial charge in [0.05, 0.1) is 6.61 Å². The fraction of sp³-hybridized carbons (Fsp3) is 0.545. The molecule has 1 aliphatic rings. The number of carbonyl (C=O) groups is 1. The molecule has 1 saturated carbocycles. The molecule has 0 bridgehead atoms. The van der Waals surface area contributed by atoms with Crippen molar-refractivity contribution in [3.05, 3.63) is 17.6 Å². The highest BCUT2D eigenvalue weighted by atomic mass is 35.7. The van der Waals surface area contributed by atoms with Gasteiger partial charge in [0.15, 0.2) is 0 Å². The van der Waals surface area contributed by atoms with Crippen molar-refractivity contribution in [1.29, 1.82) is 0 Å². The summed E-state index contributed by atoms with van der Waals surface area (Å²) in [6.07, 6.45) is 3.21. The average molecular weight is 293 g/mol. The molecule has 0 atom stereocenters. The van der Waals surface area contributed by atoms with Gasteiger partial charge in [0.1, 0.15) is 10.7 Å². The molecule has 1 aromatic heterocycles. The Balaban J connectivity index is 2.01. The Bertz CT molecular complexity index is 556. The summed E-state index contributed by atoms with van der Waals surface area (Å²) in [5.41, 5.74) is 0. The molecule has 1 heterocycles. The first-order chi connectivity index (χ1) is 8.38. The number of aryl methyl sites for hydroxylation is 1. The van der Waals surface area contributed by atoms with Crippen molar-refractivity contribution in [3.8, 4) is 0 Å². The highest BCUT2D eigenvalue weighted by molar-refractivity contribution is 8.13. The molecule has 100 valence electrons. The van der Waals surface area contributed by atoms with E-state index in [1.165, 1.54) is 19.8 Å². The minimum Gasteiger partial charge on any atom is -0.460 e. The molecule has 1 fully saturated rings. The number of halogens is 1. The first kappa shape index (κ1) is 13.4. The molecule has 0 spiro atoms. The van der Waals surface area contributed by atoms with Crippen molar-refractivity contribution in [2.75, 3.05) is 6.61 Å². The van der Waals surface area contributed by atoms with Crippen molar-refractivity contribution < 1.29 is 22.4 Å². The van der Waals surface area contributed by atoms with Crippen LogP contribution in [0.2, 0.25) is 0 Å². The molecule has 0 aromatic carbocycles. The van der Waals surface area contributed by atoms with Gasteiger partial charge in [-0.2, -0.15) is 0 Å². The Hall–Kier alpha value is -1.01. The topological polar surface area (TPSA) is 73.6 Å². The lowest BCUT2D eigenvalue weighted by Gasteiger charge is -2.00. The fourth-order valence-electron chi connectivity index (χ4n) is 1.60. The largest absolute Gasteiger partial charge is 0.460 e. The van der Waals surface area contributed by atoms with Crippen LogP contribution in [0, 0.1) is 12.8 Å². The first-order valence-corrected chi connectivity index (χ1v) is 7.91. The van der Waals surface area contributed by atoms with E-state index in [-0.39, 0.29) is 16.4 Å². The summed E-state index contributed by atoms with van der Waals surface area (Å²) in [4.78, 5) is 11.4. The van der Waals surface area contributed by atoms with Crippen molar-refractivity contribution in [3.63, 3.8) is 0 Å². The molecule has 2 rings (SSSR count). The molecule has 0 saturated heterocycles. The zero-order valence-electron chi connectivity index (χ0n) is 9.81. The van der Waals surface area contributed by atoms with Crippen molar-refractivity contribution >= 4 is 25.7 Å². The molecule has 0 unspecified atom stereocenters. The van der Waals surface area contributed by atoms with Gasteiger partial charge in [-0.15, -0.1) is 0 Å². The van der Waals surface area contributed by atoms with E-state index in [2.05, 4.69) is 0 Å². The Morgan fingerprint density at radius 3 is 2.72 bits per heavy atom. The van der Waals surface area contributed by atoms with E-state index < -0.39 is 15.0 Å². The summed E-state index contributed by atoms with van der Waals surface area (Å²) in [5, 5.41) is 0. The summed E-state index contributed by atoms with van der Waals surface area (Å²) >= 11 is 0. The first-order valence-electron chi connectivity index (χ1n) is 5.60. The zero-order valence-corrected chi connectivity index (χ0v) is 11.4. The maximum absolute atomic E-state index is 11.6. The Morgan fingerprint density at radius 1 is 1.56 bits per heavy atom. The van der Waals surface area contributed by atoms with E-state index in [0.29, 0.717) is 12.5 Å². The third-order valence-corrected chi connectivity index (χ3v) is 4.22. The Labute approximate surface area is 109 Å². The molecule has 0 amide bonds. The van der Waals surface area contributed by atoms with Crippen LogP contribution in [0.5, 0.6) is 0 Å². The average Bonchev–Trinajstić information content (AvgIpc) is 2.98. The molecule has 7 heteroatoms. The summed E-state index contributed by atoms with van der Waals surface area (Å²) in [5.74, 6) is -0.0538. The maximum Gasteiger partial charge on any atom is 0.374 e. The zero-order chi connectivity index (χ0) is 13.3. The highest BCUT2D eigenvalue weighted by Gasteiger charge is 2.24. The van der Waals surface area contributed by atoms with Crippen LogP contribution in [0.25, 0.3) is 0 Å². The smallest absolute Gasteiger partial charge is 0.374 e. The summed E-state index contributed by atoms with van der Waals surface area (Å²) in [6, 6.07) is 1.09. The Morgan fingerprint density at radius 2 is 2.22 bits per heavy atom. The minimum absolute atomic E-state index is 0.0825. The van der Waals surface area contributed by atoms with Crippen LogP contribution in [0.4, 0.5) is 0 Å². The second-order valence-corrected chi connectivity index (χ2v) is 6.87. The van der Waals surface area contributed by atoms with Crippen LogP contribution in [0.1, 0.15) is 35.6 Å². The van der Waals surface area contributed by atoms with Gasteiger partial charge >= 0.3 is 5.97 Å². The third kappa shape index (κ3) is 3.26. The van der Waals surface area contributed by atoms with E-state index >= 15 is 0 Å². The second kappa shape index (κ2) is 4.93. The van der Waals surface area contributed by atoms with Crippen LogP contribution in [-0.2, 0) is 13.8 Å². The highest BCUT2D eigenvalue weighted by Crippen LogP contribution is 2.32. The van der Waals surface area contributed by atoms with Crippen molar-refractivity contribution in [1.82, 2.24) is 0 Å². The number of carbonyl (C=O) groups excluding carboxylic acids is 1. The van der Waals surface area contributed by atoms with E-state index in [1.54, 1.807) is 0 Å². The SMILES string of the molecule is Cc1oc(C(=O)OCCC2CC2)cc1S(=O)(=O)Cl. The van der Waals surface area contributed by atoms with Crippen LogP contribution < -0.4 is 0 Å². The van der Waals surface area contributed by atoms with E-state index in [4.69, 9.17) is 19.8 Å². The van der Waals surface area contributed by atoms with E-state index in [1.807, 2.05) is 0 Å². The predicted octanol–water partition coefficient (Wildman–Crippen LogP) is 2.47. The second-order valence-electron chi connectivity index (χ2n) is 4.34. The van der Waals surface area contributed by atoms with Gasteiger partial charge in [-0.25, -0.2) is 13.2 Å². The number of furan rings is 1. The number of esters is 1. The van der Waals surface area contributed by atoms with E-state index in [9.17, 15) is 13.2 Å². The third-order valence-electron chi connectivity index (χ3n) is 2.79. The van der Waals surface area contributed by atoms with Gasteiger partial charge in [-0.3, -0.25) is 0 Å². The molecule has 1 aliphatic carbocycles. The molecular weight excluding hydrogens is 280 g/mol. The molecule has 1 aromatic rings. The molecule has 5 nitrogen and oxygen atoms in total. The minimum atomic E-state index is -3.90. The molecule has 18 heavy (non-hydrogen) atoms. The molecular formula is C11H13ClO5S. The summed E-state index contributed by atoms with van der Waals surface area (Å²) < 4.78 is 32.3. The summed E-state index contributed by atoms with van der Waals surface area (Å²) in [6.45, 7) is 1.75. The van der Waals surface area contributed by atoms with Crippen LogP contribution >= 0.6 is 10.7 Å². The van der Waals surface area contributed by atoms with Gasteiger partial charge in [0.25, 0.3) is 9.05 Å². The number of hydrogen-bond acceptors (Lipinski definition) is 5. The molecule has 0 aliphatic heterocycles. The van der Waals surface area contributed by atoms with Crippen LogP contribution in [0.3, 0.4) is 0 Å². The maximum atomic E-state index is 11.6. The van der Waals surface area contributed by atoms with Gasteiger partial charge in [-0.05, 0) is 19.3 Å². The fourth-order valence-corrected chi connectivity index (χ4v) is 2.70. The number of ether oxygens (including phenoxy) is 1. The molecule has 0 radical (unpaired) electrons. The van der Waals surface area contributed by atoms with Gasteiger partial charge < -0.3 is 9.15 Å².